The van der Waals surface area contributed by atoms with Crippen LogP contribution in [0.2, 0.25) is 0 Å². The lowest BCUT2D eigenvalue weighted by Crippen LogP contribution is -2.64. The van der Waals surface area contributed by atoms with E-state index in [9.17, 15) is 15.0 Å². The summed E-state index contributed by atoms with van der Waals surface area (Å²) in [5, 5.41) is 22.2. The molecule has 0 aromatic heterocycles. The third kappa shape index (κ3) is 3.36. The van der Waals surface area contributed by atoms with E-state index in [1.54, 1.807) is 0 Å². The van der Waals surface area contributed by atoms with Gasteiger partial charge in [-0.3, -0.25) is 4.79 Å². The van der Waals surface area contributed by atoms with E-state index in [2.05, 4.69) is 5.32 Å². The second-order valence-corrected chi connectivity index (χ2v) is 3.94. The van der Waals surface area contributed by atoms with Crippen molar-refractivity contribution in [1.82, 2.24) is 5.32 Å². The number of nitrogens with one attached hydrogen (secondary N) is 1. The summed E-state index contributed by atoms with van der Waals surface area (Å²) in [5.74, 6) is -0.336. The van der Waals surface area contributed by atoms with E-state index in [1.807, 2.05) is 0 Å². The normalized spacial score (nSPS) is 37.8. The summed E-state index contributed by atoms with van der Waals surface area (Å²) in [6.45, 7) is 1.44. The molecule has 100 valence electrons. The van der Waals surface area contributed by atoms with Gasteiger partial charge < -0.3 is 29.7 Å². The fourth-order valence-electron chi connectivity index (χ4n) is 1.91. The molecule has 5 atom stereocenters. The predicted molar refractivity (Wildman–Crippen MR) is 57.2 cm³/mol. The molecule has 1 aliphatic heterocycles. The van der Waals surface area contributed by atoms with Crippen LogP contribution in [0.5, 0.6) is 0 Å². The number of carbonyl (C=O) groups is 1. The molecule has 1 saturated heterocycles. The highest BCUT2D eigenvalue weighted by molar-refractivity contribution is 5.73. The first-order valence-electron chi connectivity index (χ1n) is 5.31. The minimum absolute atomic E-state index is 0.130. The van der Waals surface area contributed by atoms with Gasteiger partial charge in [-0.05, 0) is 0 Å². The van der Waals surface area contributed by atoms with Crippen LogP contribution in [0.4, 0.5) is 0 Å². The lowest BCUT2D eigenvalue weighted by atomic mass is 9.97. The van der Waals surface area contributed by atoms with Crippen LogP contribution in [0.3, 0.4) is 0 Å². The number of ether oxygens (including phenoxy) is 3. The number of amides is 1. The van der Waals surface area contributed by atoms with Crippen LogP contribution in [0, 0.1) is 0 Å². The van der Waals surface area contributed by atoms with Gasteiger partial charge in [-0.2, -0.15) is 0 Å². The molecule has 1 aliphatic rings. The number of aliphatic hydroxyl groups is 2. The molecule has 1 heterocycles. The van der Waals surface area contributed by atoms with E-state index < -0.39 is 30.6 Å². The second-order valence-electron chi connectivity index (χ2n) is 3.94. The molecule has 1 rings (SSSR count). The molecule has 17 heavy (non-hydrogen) atoms. The van der Waals surface area contributed by atoms with E-state index in [1.165, 1.54) is 21.1 Å². The maximum atomic E-state index is 11.0. The van der Waals surface area contributed by atoms with E-state index in [0.717, 1.165) is 0 Å². The number of carbonyl (C=O) groups excluding carboxylic acids is 1. The summed E-state index contributed by atoms with van der Waals surface area (Å²) in [7, 11) is 2.86. The van der Waals surface area contributed by atoms with Crippen molar-refractivity contribution >= 4 is 5.91 Å². The number of aliphatic hydroxyl groups excluding tert-OH is 2. The largest absolute Gasteiger partial charge is 0.388 e. The van der Waals surface area contributed by atoms with Crippen LogP contribution in [0.15, 0.2) is 0 Å². The van der Waals surface area contributed by atoms with Crippen molar-refractivity contribution in [3.05, 3.63) is 0 Å². The Kier molecular flexibility index (Phi) is 5.29. The Bertz CT molecular complexity index is 261. The SMILES string of the molecule is COC[C@@H]1O[C@H](O)[C@@H](NC(C)=O)[C@@H](OC)[C@@H]1O. The molecule has 3 N–H and O–H groups in total. The number of methoxy groups -OCH3 is 2. The zero-order valence-electron chi connectivity index (χ0n) is 10.1. The molecule has 7 heteroatoms. The number of rotatable bonds is 4. The summed E-state index contributed by atoms with van der Waals surface area (Å²) < 4.78 is 15.1. The fourth-order valence-corrected chi connectivity index (χ4v) is 1.91. The molecule has 0 aliphatic carbocycles. The van der Waals surface area contributed by atoms with Crippen LogP contribution < -0.4 is 5.32 Å². The zero-order valence-corrected chi connectivity index (χ0v) is 10.1. The molecule has 0 saturated carbocycles. The van der Waals surface area contributed by atoms with Crippen molar-refractivity contribution in [1.29, 1.82) is 0 Å². The number of hydrogen-bond donors (Lipinski definition) is 3. The molecule has 0 bridgehead atoms. The molecule has 1 fully saturated rings. The first kappa shape index (κ1) is 14.3. The molecule has 0 spiro atoms. The van der Waals surface area contributed by atoms with Crippen molar-refractivity contribution in [2.24, 2.45) is 0 Å². The minimum Gasteiger partial charge on any atom is -0.388 e. The molecule has 0 aromatic rings. The van der Waals surface area contributed by atoms with Gasteiger partial charge in [0.25, 0.3) is 0 Å². The van der Waals surface area contributed by atoms with Crippen molar-refractivity contribution in [3.63, 3.8) is 0 Å². The highest BCUT2D eigenvalue weighted by Gasteiger charge is 2.45. The van der Waals surface area contributed by atoms with Gasteiger partial charge in [0.05, 0.1) is 6.61 Å². The quantitative estimate of drug-likeness (QED) is 0.545. The molecule has 7 nitrogen and oxygen atoms in total. The number of hydrogen-bond acceptors (Lipinski definition) is 6. The first-order valence-corrected chi connectivity index (χ1v) is 5.31. The zero-order chi connectivity index (χ0) is 13.0. The van der Waals surface area contributed by atoms with Gasteiger partial charge in [-0.1, -0.05) is 0 Å². The highest BCUT2D eigenvalue weighted by Crippen LogP contribution is 2.22. The van der Waals surface area contributed by atoms with Crippen molar-refractivity contribution in [3.8, 4) is 0 Å². The maximum Gasteiger partial charge on any atom is 0.217 e. The lowest BCUT2D eigenvalue weighted by Gasteiger charge is -2.42. The van der Waals surface area contributed by atoms with Crippen LogP contribution in [-0.2, 0) is 19.0 Å². The van der Waals surface area contributed by atoms with E-state index in [-0.39, 0.29) is 12.5 Å². The van der Waals surface area contributed by atoms with Gasteiger partial charge >= 0.3 is 0 Å². The molecule has 1 amide bonds. The average Bonchev–Trinajstić information content (AvgIpc) is 2.25. The Morgan fingerprint density at radius 2 is 2.06 bits per heavy atom. The molecular weight excluding hydrogens is 230 g/mol. The Balaban J connectivity index is 2.76. The van der Waals surface area contributed by atoms with Gasteiger partial charge in [0.15, 0.2) is 6.29 Å². The third-order valence-corrected chi connectivity index (χ3v) is 2.67. The average molecular weight is 249 g/mol. The minimum atomic E-state index is -1.24. The predicted octanol–water partition coefficient (Wildman–Crippen LogP) is -1.77. The standard InChI is InChI=1S/C10H19NO6/c1-5(12)11-7-9(16-3)8(13)6(4-15-2)17-10(7)14/h6-10,13-14H,4H2,1-3H3,(H,11,12)/t6-,7-,8+,9+,10-/m0/s1. The molecule has 0 unspecified atom stereocenters. The fraction of sp³-hybridized carbons (Fsp3) is 0.900. The van der Waals surface area contributed by atoms with Crippen LogP contribution >= 0.6 is 0 Å². The van der Waals surface area contributed by atoms with Crippen molar-refractivity contribution in [2.75, 3.05) is 20.8 Å². The Morgan fingerprint density at radius 3 is 2.53 bits per heavy atom. The van der Waals surface area contributed by atoms with E-state index >= 15 is 0 Å². The Hall–Kier alpha value is -0.730. The molecule has 0 aromatic carbocycles. The summed E-state index contributed by atoms with van der Waals surface area (Å²) in [6, 6.07) is -0.805. The summed E-state index contributed by atoms with van der Waals surface area (Å²) in [4.78, 5) is 11.0. The van der Waals surface area contributed by atoms with E-state index in [4.69, 9.17) is 14.2 Å². The van der Waals surface area contributed by atoms with Crippen LogP contribution in [0.25, 0.3) is 0 Å². The topological polar surface area (TPSA) is 97.2 Å². The second kappa shape index (κ2) is 6.27. The van der Waals surface area contributed by atoms with Crippen LogP contribution in [0.1, 0.15) is 6.92 Å². The molecule has 0 radical (unpaired) electrons. The smallest absolute Gasteiger partial charge is 0.217 e. The van der Waals surface area contributed by atoms with E-state index in [0.29, 0.717) is 0 Å². The van der Waals surface area contributed by atoms with Crippen molar-refractivity contribution in [2.45, 2.75) is 37.6 Å². The van der Waals surface area contributed by atoms with Gasteiger partial charge in [-0.25, -0.2) is 0 Å². The van der Waals surface area contributed by atoms with Gasteiger partial charge in [0.1, 0.15) is 24.4 Å². The van der Waals surface area contributed by atoms with Gasteiger partial charge in [-0.15, -0.1) is 0 Å². The summed E-state index contributed by atoms with van der Waals surface area (Å²) in [5.41, 5.74) is 0. The monoisotopic (exact) mass is 249 g/mol. The van der Waals surface area contributed by atoms with Crippen LogP contribution in [-0.4, -0.2) is 67.6 Å². The summed E-state index contributed by atoms with van der Waals surface area (Å²) in [6.07, 6.45) is -3.67. The Labute approximate surface area is 99.7 Å². The molecular formula is C10H19NO6. The van der Waals surface area contributed by atoms with Gasteiger partial charge in [0.2, 0.25) is 5.91 Å². The van der Waals surface area contributed by atoms with Gasteiger partial charge in [0, 0.05) is 21.1 Å². The lowest BCUT2D eigenvalue weighted by molar-refractivity contribution is -0.259. The Morgan fingerprint density at radius 1 is 1.41 bits per heavy atom. The highest BCUT2D eigenvalue weighted by atomic mass is 16.6. The van der Waals surface area contributed by atoms with Crippen molar-refractivity contribution < 1.29 is 29.2 Å². The first-order chi connectivity index (χ1) is 8.01. The summed E-state index contributed by atoms with van der Waals surface area (Å²) >= 11 is 0. The third-order valence-electron chi connectivity index (χ3n) is 2.67. The maximum absolute atomic E-state index is 11.0.